The summed E-state index contributed by atoms with van der Waals surface area (Å²) in [6, 6.07) is 20.7. The predicted octanol–water partition coefficient (Wildman–Crippen LogP) is 5.54. The number of aryl methyl sites for hydroxylation is 3. The maximum atomic E-state index is 13.0. The number of carbonyl (C=O) groups excluding carboxylic acids is 2. The summed E-state index contributed by atoms with van der Waals surface area (Å²) in [5.74, 6) is -0.0200. The van der Waals surface area contributed by atoms with Crippen molar-refractivity contribution in [3.05, 3.63) is 89.0 Å². The van der Waals surface area contributed by atoms with Crippen molar-refractivity contribution >= 4 is 29.0 Å². The lowest BCUT2D eigenvalue weighted by molar-refractivity contribution is 0.0985. The molecule has 0 saturated carbocycles. The minimum absolute atomic E-state index is 0.0200. The molecule has 1 heterocycles. The Bertz CT molecular complexity index is 1070. The number of amides is 3. The van der Waals surface area contributed by atoms with Gasteiger partial charge in [-0.1, -0.05) is 30.3 Å². The van der Waals surface area contributed by atoms with E-state index < -0.39 is 0 Å². The molecule has 0 saturated heterocycles. The van der Waals surface area contributed by atoms with Crippen molar-refractivity contribution < 1.29 is 9.59 Å². The number of carbonyl (C=O) groups is 2. The van der Waals surface area contributed by atoms with Gasteiger partial charge >= 0.3 is 6.03 Å². The molecule has 3 aromatic carbocycles. The van der Waals surface area contributed by atoms with E-state index >= 15 is 0 Å². The highest BCUT2D eigenvalue weighted by atomic mass is 16.2. The Morgan fingerprint density at radius 3 is 2.27 bits per heavy atom. The molecule has 4 rings (SSSR count). The number of benzene rings is 3. The molecule has 0 unspecified atom stereocenters. The fourth-order valence-electron chi connectivity index (χ4n) is 3.94. The third-order valence-corrected chi connectivity index (χ3v) is 5.21. The smallest absolute Gasteiger partial charge is 0.308 e. The first-order valence-corrected chi connectivity index (χ1v) is 10.2. The molecule has 3 aromatic rings. The van der Waals surface area contributed by atoms with Crippen LogP contribution in [0.2, 0.25) is 0 Å². The van der Waals surface area contributed by atoms with Crippen LogP contribution in [0.3, 0.4) is 0 Å². The molecule has 5 nitrogen and oxygen atoms in total. The van der Waals surface area contributed by atoms with Crippen LogP contribution in [0.25, 0.3) is 0 Å². The third kappa shape index (κ3) is 4.35. The molecular formula is C25H25N3O2. The second kappa shape index (κ2) is 8.41. The average Bonchev–Trinajstić information content (AvgIpc) is 2.72. The largest absolute Gasteiger partial charge is 0.323 e. The minimum atomic E-state index is -0.309. The van der Waals surface area contributed by atoms with Gasteiger partial charge in [-0.05, 0) is 79.8 Å². The van der Waals surface area contributed by atoms with E-state index in [0.29, 0.717) is 17.8 Å². The summed E-state index contributed by atoms with van der Waals surface area (Å²) in [5.41, 5.74) is 6.23. The molecule has 152 valence electrons. The number of nitrogens with zero attached hydrogens (tertiary/aromatic N) is 1. The highest BCUT2D eigenvalue weighted by Gasteiger charge is 2.24. The van der Waals surface area contributed by atoms with E-state index in [1.165, 1.54) is 0 Å². The van der Waals surface area contributed by atoms with Crippen LogP contribution >= 0.6 is 0 Å². The summed E-state index contributed by atoms with van der Waals surface area (Å²) in [6.07, 6.45) is 1.84. The van der Waals surface area contributed by atoms with E-state index in [0.717, 1.165) is 40.9 Å². The quantitative estimate of drug-likeness (QED) is 0.607. The zero-order valence-corrected chi connectivity index (χ0v) is 17.2. The molecule has 0 radical (unpaired) electrons. The Balaban J connectivity index is 1.53. The molecule has 5 heteroatoms. The number of nitrogens with one attached hydrogen (secondary N) is 2. The second-order valence-electron chi connectivity index (χ2n) is 7.73. The van der Waals surface area contributed by atoms with Gasteiger partial charge in [-0.3, -0.25) is 4.79 Å². The number of urea groups is 1. The maximum Gasteiger partial charge on any atom is 0.323 e. The van der Waals surface area contributed by atoms with Crippen molar-refractivity contribution in [3.8, 4) is 0 Å². The van der Waals surface area contributed by atoms with Gasteiger partial charge in [-0.25, -0.2) is 4.79 Å². The van der Waals surface area contributed by atoms with Crippen LogP contribution in [0.4, 0.5) is 21.9 Å². The molecule has 0 fully saturated rings. The van der Waals surface area contributed by atoms with E-state index in [1.54, 1.807) is 4.90 Å². The number of hydrogen-bond donors (Lipinski definition) is 2. The van der Waals surface area contributed by atoms with Gasteiger partial charge in [0, 0.05) is 29.2 Å². The SMILES string of the molecule is Cc1cc(C)cc(NC(=O)Nc2ccc3c(c2)N(C(=O)c2ccccc2)CCC3)c1. The molecule has 0 aromatic heterocycles. The molecule has 0 atom stereocenters. The lowest BCUT2D eigenvalue weighted by atomic mass is 10.00. The Kier molecular flexibility index (Phi) is 5.53. The summed E-state index contributed by atoms with van der Waals surface area (Å²) in [6.45, 7) is 4.66. The molecule has 0 aliphatic carbocycles. The van der Waals surface area contributed by atoms with Crippen molar-refractivity contribution in [2.45, 2.75) is 26.7 Å². The zero-order chi connectivity index (χ0) is 21.1. The van der Waals surface area contributed by atoms with E-state index in [9.17, 15) is 9.59 Å². The van der Waals surface area contributed by atoms with Gasteiger partial charge in [0.2, 0.25) is 0 Å². The van der Waals surface area contributed by atoms with Crippen LogP contribution in [0, 0.1) is 13.8 Å². The van der Waals surface area contributed by atoms with E-state index in [-0.39, 0.29) is 11.9 Å². The van der Waals surface area contributed by atoms with Gasteiger partial charge in [0.1, 0.15) is 0 Å². The number of fused-ring (bicyclic) bond motifs is 1. The Labute approximate surface area is 176 Å². The first kappa shape index (κ1) is 19.7. The van der Waals surface area contributed by atoms with Gasteiger partial charge in [0.25, 0.3) is 5.91 Å². The first-order valence-electron chi connectivity index (χ1n) is 10.2. The summed E-state index contributed by atoms with van der Waals surface area (Å²) in [5, 5.41) is 5.77. The van der Waals surface area contributed by atoms with Crippen molar-refractivity contribution in [1.82, 2.24) is 0 Å². The standard InChI is InChI=1S/C25H25N3O2/c1-17-13-18(2)15-22(14-17)27-25(30)26-21-11-10-19-9-6-12-28(23(19)16-21)24(29)20-7-4-3-5-8-20/h3-5,7-8,10-11,13-16H,6,9,12H2,1-2H3,(H2,26,27,30). The monoisotopic (exact) mass is 399 g/mol. The van der Waals surface area contributed by atoms with Crippen LogP contribution in [0.15, 0.2) is 66.7 Å². The molecular weight excluding hydrogens is 374 g/mol. The van der Waals surface area contributed by atoms with Gasteiger partial charge in [-0.2, -0.15) is 0 Å². The van der Waals surface area contributed by atoms with E-state index in [2.05, 4.69) is 16.7 Å². The minimum Gasteiger partial charge on any atom is -0.308 e. The van der Waals surface area contributed by atoms with Crippen LogP contribution in [0.1, 0.15) is 33.5 Å². The summed E-state index contributed by atoms with van der Waals surface area (Å²) in [4.78, 5) is 27.3. The zero-order valence-electron chi connectivity index (χ0n) is 17.2. The molecule has 1 aliphatic heterocycles. The van der Waals surface area contributed by atoms with Gasteiger partial charge in [-0.15, -0.1) is 0 Å². The van der Waals surface area contributed by atoms with Gasteiger partial charge in [0.15, 0.2) is 0 Å². The van der Waals surface area contributed by atoms with E-state index in [4.69, 9.17) is 0 Å². The summed E-state index contributed by atoms with van der Waals surface area (Å²) < 4.78 is 0. The van der Waals surface area contributed by atoms with Crippen molar-refractivity contribution in [3.63, 3.8) is 0 Å². The lowest BCUT2D eigenvalue weighted by Gasteiger charge is -2.30. The summed E-state index contributed by atoms with van der Waals surface area (Å²) >= 11 is 0. The highest BCUT2D eigenvalue weighted by Crippen LogP contribution is 2.31. The molecule has 30 heavy (non-hydrogen) atoms. The predicted molar refractivity (Wildman–Crippen MR) is 121 cm³/mol. The Morgan fingerprint density at radius 1 is 0.833 bits per heavy atom. The van der Waals surface area contributed by atoms with Crippen LogP contribution in [-0.2, 0) is 6.42 Å². The van der Waals surface area contributed by atoms with Crippen molar-refractivity contribution in [2.75, 3.05) is 22.1 Å². The Morgan fingerprint density at radius 2 is 1.53 bits per heavy atom. The van der Waals surface area contributed by atoms with Crippen molar-refractivity contribution in [2.24, 2.45) is 0 Å². The number of anilines is 3. The fraction of sp³-hybridized carbons (Fsp3) is 0.200. The topological polar surface area (TPSA) is 61.4 Å². The third-order valence-electron chi connectivity index (χ3n) is 5.21. The highest BCUT2D eigenvalue weighted by molar-refractivity contribution is 6.07. The molecule has 0 spiro atoms. The second-order valence-corrected chi connectivity index (χ2v) is 7.73. The van der Waals surface area contributed by atoms with Gasteiger partial charge < -0.3 is 15.5 Å². The normalized spacial score (nSPS) is 12.8. The van der Waals surface area contributed by atoms with Crippen LogP contribution < -0.4 is 15.5 Å². The first-order chi connectivity index (χ1) is 14.5. The van der Waals surface area contributed by atoms with E-state index in [1.807, 2.05) is 74.5 Å². The molecule has 3 amide bonds. The Hall–Kier alpha value is -3.60. The van der Waals surface area contributed by atoms with Crippen molar-refractivity contribution in [1.29, 1.82) is 0 Å². The average molecular weight is 399 g/mol. The number of hydrogen-bond acceptors (Lipinski definition) is 2. The molecule has 2 N–H and O–H groups in total. The molecule has 1 aliphatic rings. The maximum absolute atomic E-state index is 13.0. The van der Waals surface area contributed by atoms with Crippen LogP contribution in [-0.4, -0.2) is 18.5 Å². The van der Waals surface area contributed by atoms with Gasteiger partial charge in [0.05, 0.1) is 0 Å². The summed E-state index contributed by atoms with van der Waals surface area (Å²) in [7, 11) is 0. The molecule has 0 bridgehead atoms. The van der Waals surface area contributed by atoms with Crippen LogP contribution in [0.5, 0.6) is 0 Å². The number of rotatable bonds is 3. The lowest BCUT2D eigenvalue weighted by Crippen LogP contribution is -2.35. The fourth-order valence-corrected chi connectivity index (χ4v) is 3.94.